The third-order valence-electron chi connectivity index (χ3n) is 4.91. The highest BCUT2D eigenvalue weighted by molar-refractivity contribution is 6.30. The largest absolute Gasteiger partial charge is 0.342 e. The van der Waals surface area contributed by atoms with Crippen LogP contribution in [0.25, 0.3) is 0 Å². The number of hydrogen-bond donors (Lipinski definition) is 0. The Morgan fingerprint density at radius 2 is 1.65 bits per heavy atom. The van der Waals surface area contributed by atoms with Crippen molar-refractivity contribution < 1.29 is 4.79 Å². The first-order chi connectivity index (χ1) is 11.2. The zero-order chi connectivity index (χ0) is 16.1. The maximum atomic E-state index is 12.7. The summed E-state index contributed by atoms with van der Waals surface area (Å²) in [5.74, 6) is 0.313. The van der Waals surface area contributed by atoms with Gasteiger partial charge in [-0.05, 0) is 43.4 Å². The highest BCUT2D eigenvalue weighted by Gasteiger charge is 2.31. The van der Waals surface area contributed by atoms with Crippen molar-refractivity contribution in [2.45, 2.75) is 57.5 Å². The van der Waals surface area contributed by atoms with Gasteiger partial charge < -0.3 is 4.90 Å². The fourth-order valence-electron chi connectivity index (χ4n) is 3.35. The summed E-state index contributed by atoms with van der Waals surface area (Å²) in [6, 6.07) is 8.59. The van der Waals surface area contributed by atoms with E-state index in [1.165, 1.54) is 37.7 Å². The van der Waals surface area contributed by atoms with Gasteiger partial charge in [0.25, 0.3) is 0 Å². The minimum absolute atomic E-state index is 0.313. The minimum Gasteiger partial charge on any atom is -0.342 e. The maximum absolute atomic E-state index is 12.7. The molecule has 23 heavy (non-hydrogen) atoms. The van der Waals surface area contributed by atoms with Gasteiger partial charge in [-0.2, -0.15) is 0 Å². The van der Waals surface area contributed by atoms with E-state index in [1.54, 1.807) is 0 Å². The van der Waals surface area contributed by atoms with Crippen LogP contribution in [0.15, 0.2) is 24.3 Å². The molecule has 1 saturated carbocycles. The maximum Gasteiger partial charge on any atom is 0.236 e. The molecule has 0 spiro atoms. The third kappa shape index (κ3) is 5.22. The van der Waals surface area contributed by atoms with Crippen molar-refractivity contribution >= 4 is 17.5 Å². The van der Waals surface area contributed by atoms with Crippen LogP contribution in [0.1, 0.15) is 50.5 Å². The molecule has 1 aromatic carbocycles. The first kappa shape index (κ1) is 16.8. The monoisotopic (exact) mass is 334 g/mol. The summed E-state index contributed by atoms with van der Waals surface area (Å²) in [6.45, 7) is 3.30. The molecule has 0 unspecified atom stereocenters. The third-order valence-corrected chi connectivity index (χ3v) is 5.16. The molecule has 1 heterocycles. The van der Waals surface area contributed by atoms with Gasteiger partial charge in [0.1, 0.15) is 0 Å². The SMILES string of the molecule is O=C(CN(Cc1ccc(Cl)cc1)C1CC1)N1CCCCCCC1. The number of carbonyl (C=O) groups is 1. The summed E-state index contributed by atoms with van der Waals surface area (Å²) in [5.41, 5.74) is 1.24. The number of hydrogen-bond acceptors (Lipinski definition) is 2. The fourth-order valence-corrected chi connectivity index (χ4v) is 3.47. The minimum atomic E-state index is 0.313. The molecule has 4 heteroatoms. The zero-order valence-corrected chi connectivity index (χ0v) is 14.6. The number of nitrogens with zero attached hydrogens (tertiary/aromatic N) is 2. The van der Waals surface area contributed by atoms with Crippen LogP contribution in [0.3, 0.4) is 0 Å². The highest BCUT2D eigenvalue weighted by atomic mass is 35.5. The van der Waals surface area contributed by atoms with Gasteiger partial charge >= 0.3 is 0 Å². The van der Waals surface area contributed by atoms with E-state index in [0.717, 1.165) is 37.5 Å². The van der Waals surface area contributed by atoms with Gasteiger partial charge in [-0.15, -0.1) is 0 Å². The lowest BCUT2D eigenvalue weighted by atomic mass is 10.1. The molecule has 126 valence electrons. The van der Waals surface area contributed by atoms with E-state index in [9.17, 15) is 4.79 Å². The van der Waals surface area contributed by atoms with E-state index in [0.29, 0.717) is 18.5 Å². The Balaban J connectivity index is 1.57. The Bertz CT molecular complexity index is 505. The average Bonchev–Trinajstić information content (AvgIpc) is 3.33. The van der Waals surface area contributed by atoms with Crippen molar-refractivity contribution in [1.82, 2.24) is 9.80 Å². The average molecular weight is 335 g/mol. The van der Waals surface area contributed by atoms with Gasteiger partial charge in [-0.1, -0.05) is 43.0 Å². The summed E-state index contributed by atoms with van der Waals surface area (Å²) in [6.07, 6.45) is 8.62. The second-order valence-electron chi connectivity index (χ2n) is 6.91. The molecule has 0 bridgehead atoms. The molecule has 1 aromatic rings. The van der Waals surface area contributed by atoms with Crippen molar-refractivity contribution in [3.63, 3.8) is 0 Å². The predicted octanol–water partition coefficient (Wildman–Crippen LogP) is 4.10. The second kappa shape index (κ2) is 8.16. The van der Waals surface area contributed by atoms with Crippen LogP contribution in [0.5, 0.6) is 0 Å². The normalized spacial score (nSPS) is 19.5. The molecular formula is C19H27ClN2O. The Labute approximate surface area is 144 Å². The molecule has 2 aliphatic rings. The Morgan fingerprint density at radius 1 is 1.04 bits per heavy atom. The van der Waals surface area contributed by atoms with Crippen LogP contribution in [0.4, 0.5) is 0 Å². The van der Waals surface area contributed by atoms with E-state index < -0.39 is 0 Å². The Morgan fingerprint density at radius 3 is 2.26 bits per heavy atom. The number of benzene rings is 1. The van der Waals surface area contributed by atoms with Gasteiger partial charge in [0.15, 0.2) is 0 Å². The van der Waals surface area contributed by atoms with E-state index in [1.807, 2.05) is 12.1 Å². The van der Waals surface area contributed by atoms with Gasteiger partial charge in [-0.25, -0.2) is 0 Å². The lowest BCUT2D eigenvalue weighted by Crippen LogP contribution is -2.42. The van der Waals surface area contributed by atoms with Crippen molar-refractivity contribution in [2.75, 3.05) is 19.6 Å². The summed E-state index contributed by atoms with van der Waals surface area (Å²) >= 11 is 5.96. The first-order valence-electron chi connectivity index (χ1n) is 8.98. The molecular weight excluding hydrogens is 308 g/mol. The highest BCUT2D eigenvalue weighted by Crippen LogP contribution is 2.28. The van der Waals surface area contributed by atoms with Gasteiger partial charge in [0.05, 0.1) is 6.54 Å². The van der Waals surface area contributed by atoms with E-state index in [2.05, 4.69) is 21.9 Å². The molecule has 0 atom stereocenters. The molecule has 3 rings (SSSR count). The van der Waals surface area contributed by atoms with Crippen molar-refractivity contribution in [1.29, 1.82) is 0 Å². The molecule has 2 fully saturated rings. The van der Waals surface area contributed by atoms with Gasteiger partial charge in [-0.3, -0.25) is 9.69 Å². The van der Waals surface area contributed by atoms with Crippen LogP contribution in [0, 0.1) is 0 Å². The molecule has 1 amide bonds. The molecule has 0 aromatic heterocycles. The quantitative estimate of drug-likeness (QED) is 0.809. The molecule has 1 aliphatic carbocycles. The summed E-state index contributed by atoms with van der Waals surface area (Å²) < 4.78 is 0. The molecule has 0 N–H and O–H groups in total. The summed E-state index contributed by atoms with van der Waals surface area (Å²) in [7, 11) is 0. The topological polar surface area (TPSA) is 23.6 Å². The summed E-state index contributed by atoms with van der Waals surface area (Å²) in [5, 5.41) is 0.767. The van der Waals surface area contributed by atoms with E-state index in [-0.39, 0.29) is 0 Å². The fraction of sp³-hybridized carbons (Fsp3) is 0.632. The second-order valence-corrected chi connectivity index (χ2v) is 7.35. The van der Waals surface area contributed by atoms with Crippen molar-refractivity contribution in [3.05, 3.63) is 34.9 Å². The van der Waals surface area contributed by atoms with Crippen LogP contribution in [-0.2, 0) is 11.3 Å². The van der Waals surface area contributed by atoms with E-state index >= 15 is 0 Å². The molecule has 3 nitrogen and oxygen atoms in total. The Kier molecular flexibility index (Phi) is 5.96. The lowest BCUT2D eigenvalue weighted by Gasteiger charge is -2.29. The van der Waals surface area contributed by atoms with Gasteiger partial charge in [0.2, 0.25) is 5.91 Å². The van der Waals surface area contributed by atoms with Crippen LogP contribution < -0.4 is 0 Å². The lowest BCUT2D eigenvalue weighted by molar-refractivity contribution is -0.133. The number of halogens is 1. The molecule has 1 aliphatic heterocycles. The van der Waals surface area contributed by atoms with Crippen molar-refractivity contribution in [3.8, 4) is 0 Å². The predicted molar refractivity (Wildman–Crippen MR) is 94.5 cm³/mol. The van der Waals surface area contributed by atoms with Crippen LogP contribution in [-0.4, -0.2) is 41.4 Å². The smallest absolute Gasteiger partial charge is 0.236 e. The van der Waals surface area contributed by atoms with E-state index in [4.69, 9.17) is 11.6 Å². The first-order valence-corrected chi connectivity index (χ1v) is 9.36. The van der Waals surface area contributed by atoms with Gasteiger partial charge in [0, 0.05) is 30.7 Å². The number of likely N-dealkylation sites (tertiary alicyclic amines) is 1. The van der Waals surface area contributed by atoms with Crippen LogP contribution in [0.2, 0.25) is 5.02 Å². The number of rotatable bonds is 5. The molecule has 1 saturated heterocycles. The Hall–Kier alpha value is -1.06. The van der Waals surface area contributed by atoms with Crippen LogP contribution >= 0.6 is 11.6 Å². The molecule has 0 radical (unpaired) electrons. The zero-order valence-electron chi connectivity index (χ0n) is 13.8. The summed E-state index contributed by atoms with van der Waals surface area (Å²) in [4.78, 5) is 17.2. The number of amides is 1. The standard InChI is InChI=1S/C19H27ClN2O/c20-17-8-6-16(7-9-17)14-22(18-10-11-18)15-19(23)21-12-4-2-1-3-5-13-21/h6-9,18H,1-5,10-15H2. The number of carbonyl (C=O) groups excluding carboxylic acids is 1. The van der Waals surface area contributed by atoms with Crippen molar-refractivity contribution in [2.24, 2.45) is 0 Å².